The van der Waals surface area contributed by atoms with Crippen molar-refractivity contribution in [3.05, 3.63) is 30.1 Å². The maximum atomic E-state index is 13.1. The number of para-hydroxylation sites is 1. The molecule has 0 amide bonds. The van der Waals surface area contributed by atoms with Crippen molar-refractivity contribution in [2.45, 2.75) is 19.4 Å². The van der Waals surface area contributed by atoms with Crippen molar-refractivity contribution in [3.63, 3.8) is 0 Å². The molecule has 0 bridgehead atoms. The second-order valence-corrected chi connectivity index (χ2v) is 2.81. The van der Waals surface area contributed by atoms with Crippen LogP contribution in [0.4, 0.5) is 4.39 Å². The SMILES string of the molecule is CC[C@H](CN)Oc1ccccc1F. The first kappa shape index (κ1) is 9.99. The standard InChI is InChI=1S/C10H14FNO/c1-2-8(7-12)13-10-6-4-3-5-9(10)11/h3-6,8H,2,7,12H2,1H3/t8-/m1/s1. The number of rotatable bonds is 4. The normalized spacial score (nSPS) is 12.5. The third-order valence-electron chi connectivity index (χ3n) is 1.85. The van der Waals surface area contributed by atoms with E-state index in [-0.39, 0.29) is 17.7 Å². The van der Waals surface area contributed by atoms with Crippen LogP contribution in [0.2, 0.25) is 0 Å². The van der Waals surface area contributed by atoms with Gasteiger partial charge in [0.1, 0.15) is 6.10 Å². The van der Waals surface area contributed by atoms with Gasteiger partial charge in [-0.3, -0.25) is 0 Å². The Bertz CT molecular complexity index is 261. The molecule has 0 radical (unpaired) electrons. The van der Waals surface area contributed by atoms with Crippen LogP contribution in [0.15, 0.2) is 24.3 Å². The maximum Gasteiger partial charge on any atom is 0.165 e. The van der Waals surface area contributed by atoms with E-state index in [0.717, 1.165) is 6.42 Å². The maximum absolute atomic E-state index is 13.1. The van der Waals surface area contributed by atoms with E-state index in [9.17, 15) is 4.39 Å². The smallest absolute Gasteiger partial charge is 0.165 e. The highest BCUT2D eigenvalue weighted by Gasteiger charge is 2.08. The quantitative estimate of drug-likeness (QED) is 0.774. The summed E-state index contributed by atoms with van der Waals surface area (Å²) in [6.07, 6.45) is 0.682. The molecular formula is C10H14FNO. The highest BCUT2D eigenvalue weighted by atomic mass is 19.1. The minimum Gasteiger partial charge on any atom is -0.486 e. The molecule has 1 aromatic rings. The van der Waals surface area contributed by atoms with E-state index in [4.69, 9.17) is 10.5 Å². The first-order chi connectivity index (χ1) is 6.27. The van der Waals surface area contributed by atoms with E-state index in [1.54, 1.807) is 18.2 Å². The van der Waals surface area contributed by atoms with Crippen LogP contribution in [0.5, 0.6) is 5.75 Å². The topological polar surface area (TPSA) is 35.2 Å². The highest BCUT2D eigenvalue weighted by molar-refractivity contribution is 5.23. The van der Waals surface area contributed by atoms with Crippen molar-refractivity contribution in [3.8, 4) is 5.75 Å². The number of nitrogens with two attached hydrogens (primary N) is 1. The molecule has 13 heavy (non-hydrogen) atoms. The lowest BCUT2D eigenvalue weighted by atomic mass is 10.2. The fourth-order valence-corrected chi connectivity index (χ4v) is 1.02. The summed E-state index contributed by atoms with van der Waals surface area (Å²) in [5.41, 5.74) is 5.43. The lowest BCUT2D eigenvalue weighted by Crippen LogP contribution is -2.26. The van der Waals surface area contributed by atoms with Gasteiger partial charge in [0.25, 0.3) is 0 Å². The Hall–Kier alpha value is -1.09. The summed E-state index contributed by atoms with van der Waals surface area (Å²) in [4.78, 5) is 0. The van der Waals surface area contributed by atoms with E-state index in [0.29, 0.717) is 6.54 Å². The average Bonchev–Trinajstić information content (AvgIpc) is 2.17. The number of ether oxygens (including phenoxy) is 1. The zero-order chi connectivity index (χ0) is 9.68. The molecule has 0 saturated heterocycles. The van der Waals surface area contributed by atoms with Crippen LogP contribution >= 0.6 is 0 Å². The Balaban J connectivity index is 2.67. The van der Waals surface area contributed by atoms with Crippen molar-refractivity contribution in [2.75, 3.05) is 6.54 Å². The largest absolute Gasteiger partial charge is 0.486 e. The third kappa shape index (κ3) is 2.70. The number of hydrogen-bond acceptors (Lipinski definition) is 2. The molecular weight excluding hydrogens is 169 g/mol. The van der Waals surface area contributed by atoms with E-state index in [1.165, 1.54) is 6.07 Å². The monoisotopic (exact) mass is 183 g/mol. The van der Waals surface area contributed by atoms with Crippen LogP contribution in [-0.4, -0.2) is 12.6 Å². The molecule has 2 nitrogen and oxygen atoms in total. The summed E-state index contributed by atoms with van der Waals surface area (Å²) in [6.45, 7) is 2.36. The molecule has 0 fully saturated rings. The lowest BCUT2D eigenvalue weighted by molar-refractivity contribution is 0.196. The number of hydrogen-bond donors (Lipinski definition) is 1. The van der Waals surface area contributed by atoms with Gasteiger partial charge in [0.15, 0.2) is 11.6 Å². The molecule has 0 aliphatic rings. The minimum absolute atomic E-state index is 0.100. The molecule has 0 spiro atoms. The van der Waals surface area contributed by atoms with Gasteiger partial charge in [0.05, 0.1) is 0 Å². The van der Waals surface area contributed by atoms with Gasteiger partial charge in [-0.25, -0.2) is 4.39 Å². The second-order valence-electron chi connectivity index (χ2n) is 2.81. The van der Waals surface area contributed by atoms with Gasteiger partial charge in [0.2, 0.25) is 0 Å². The fourth-order valence-electron chi connectivity index (χ4n) is 1.02. The molecule has 2 N–H and O–H groups in total. The zero-order valence-corrected chi connectivity index (χ0v) is 7.66. The zero-order valence-electron chi connectivity index (χ0n) is 7.66. The molecule has 0 aliphatic heterocycles. The van der Waals surface area contributed by atoms with Crippen LogP contribution < -0.4 is 10.5 Å². The molecule has 0 unspecified atom stereocenters. The van der Waals surface area contributed by atoms with E-state index in [2.05, 4.69) is 0 Å². The molecule has 1 rings (SSSR count). The van der Waals surface area contributed by atoms with E-state index in [1.807, 2.05) is 6.92 Å². The van der Waals surface area contributed by atoms with Gasteiger partial charge in [-0.2, -0.15) is 0 Å². The molecule has 0 saturated carbocycles. The van der Waals surface area contributed by atoms with E-state index < -0.39 is 0 Å². The Morgan fingerprint density at radius 2 is 2.15 bits per heavy atom. The predicted molar refractivity (Wildman–Crippen MR) is 50.2 cm³/mol. The van der Waals surface area contributed by atoms with Crippen molar-refractivity contribution < 1.29 is 9.13 Å². The summed E-state index contributed by atoms with van der Waals surface area (Å²) in [6, 6.07) is 6.35. The van der Waals surface area contributed by atoms with Gasteiger partial charge in [-0.15, -0.1) is 0 Å². The van der Waals surface area contributed by atoms with Gasteiger partial charge in [-0.05, 0) is 18.6 Å². The van der Waals surface area contributed by atoms with Crippen molar-refractivity contribution in [1.29, 1.82) is 0 Å². The lowest BCUT2D eigenvalue weighted by Gasteiger charge is -2.15. The molecule has 1 atom stereocenters. The van der Waals surface area contributed by atoms with Crippen LogP contribution in [0.1, 0.15) is 13.3 Å². The Kier molecular flexibility index (Phi) is 3.71. The van der Waals surface area contributed by atoms with E-state index >= 15 is 0 Å². The van der Waals surface area contributed by atoms with Crippen molar-refractivity contribution in [1.82, 2.24) is 0 Å². The van der Waals surface area contributed by atoms with Gasteiger partial charge < -0.3 is 10.5 Å². The summed E-state index contributed by atoms with van der Waals surface area (Å²) >= 11 is 0. The summed E-state index contributed by atoms with van der Waals surface area (Å²) in [5, 5.41) is 0. The van der Waals surface area contributed by atoms with Crippen molar-refractivity contribution >= 4 is 0 Å². The average molecular weight is 183 g/mol. The second kappa shape index (κ2) is 4.82. The fraction of sp³-hybridized carbons (Fsp3) is 0.400. The Labute approximate surface area is 77.5 Å². The van der Waals surface area contributed by atoms with Gasteiger partial charge in [-0.1, -0.05) is 19.1 Å². The molecule has 72 valence electrons. The van der Waals surface area contributed by atoms with Gasteiger partial charge >= 0.3 is 0 Å². The van der Waals surface area contributed by atoms with Crippen molar-refractivity contribution in [2.24, 2.45) is 5.73 Å². The van der Waals surface area contributed by atoms with Gasteiger partial charge in [0, 0.05) is 6.54 Å². The predicted octanol–water partition coefficient (Wildman–Crippen LogP) is 1.94. The summed E-state index contributed by atoms with van der Waals surface area (Å²) < 4.78 is 18.4. The first-order valence-electron chi connectivity index (χ1n) is 4.39. The molecule has 0 heterocycles. The molecule has 1 aromatic carbocycles. The minimum atomic E-state index is -0.339. The first-order valence-corrected chi connectivity index (χ1v) is 4.39. The molecule has 0 aliphatic carbocycles. The van der Waals surface area contributed by atoms with Crippen LogP contribution in [0.3, 0.4) is 0 Å². The Morgan fingerprint density at radius 3 is 2.69 bits per heavy atom. The van der Waals surface area contributed by atoms with Crippen LogP contribution in [0, 0.1) is 5.82 Å². The third-order valence-corrected chi connectivity index (χ3v) is 1.85. The van der Waals surface area contributed by atoms with Crippen LogP contribution in [0.25, 0.3) is 0 Å². The highest BCUT2D eigenvalue weighted by Crippen LogP contribution is 2.17. The molecule has 0 aromatic heterocycles. The summed E-state index contributed by atoms with van der Waals surface area (Å²) in [5.74, 6) is -0.0609. The Morgan fingerprint density at radius 1 is 1.46 bits per heavy atom. The molecule has 3 heteroatoms. The number of benzene rings is 1. The summed E-state index contributed by atoms with van der Waals surface area (Å²) in [7, 11) is 0. The number of halogens is 1. The van der Waals surface area contributed by atoms with Crippen LogP contribution in [-0.2, 0) is 0 Å².